The number of benzene rings is 1. The third kappa shape index (κ3) is 5.46. The molecule has 92 valence electrons. The standard InChI is InChI=1S/C11H14N2O2S2/c1-2-12-11(16)13-17(14,15)9-8-10-6-4-3-5-7-10/h3-9H,2H2,1H3,(H2,12,13,16). The van der Waals surface area contributed by atoms with Crippen LogP contribution in [0.3, 0.4) is 0 Å². The smallest absolute Gasteiger partial charge is 0.256 e. The molecule has 0 aliphatic heterocycles. The van der Waals surface area contributed by atoms with Crippen LogP contribution in [0.4, 0.5) is 0 Å². The number of nitrogens with one attached hydrogen (secondary N) is 2. The maximum atomic E-state index is 11.6. The summed E-state index contributed by atoms with van der Waals surface area (Å²) in [5, 5.41) is 3.90. The molecule has 0 spiro atoms. The zero-order valence-corrected chi connectivity index (χ0v) is 11.0. The molecular formula is C11H14N2O2S2. The van der Waals surface area contributed by atoms with Crippen molar-refractivity contribution in [3.63, 3.8) is 0 Å². The zero-order valence-electron chi connectivity index (χ0n) is 9.38. The Balaban J connectivity index is 2.67. The summed E-state index contributed by atoms with van der Waals surface area (Å²) in [7, 11) is -3.54. The van der Waals surface area contributed by atoms with Crippen molar-refractivity contribution in [2.75, 3.05) is 6.54 Å². The fraction of sp³-hybridized carbons (Fsp3) is 0.182. The number of sulfonamides is 1. The average molecular weight is 270 g/mol. The minimum Gasteiger partial charge on any atom is -0.362 e. The van der Waals surface area contributed by atoms with Gasteiger partial charge in [0.25, 0.3) is 10.0 Å². The second-order valence-corrected chi connectivity index (χ2v) is 5.19. The van der Waals surface area contributed by atoms with E-state index in [2.05, 4.69) is 10.0 Å². The van der Waals surface area contributed by atoms with E-state index >= 15 is 0 Å². The summed E-state index contributed by atoms with van der Waals surface area (Å²) in [6, 6.07) is 9.17. The highest BCUT2D eigenvalue weighted by Gasteiger charge is 2.06. The van der Waals surface area contributed by atoms with E-state index in [1.54, 1.807) is 0 Å². The van der Waals surface area contributed by atoms with Gasteiger partial charge in [-0.1, -0.05) is 30.3 Å². The first kappa shape index (κ1) is 13.7. The highest BCUT2D eigenvalue weighted by Crippen LogP contribution is 2.02. The maximum Gasteiger partial charge on any atom is 0.256 e. The molecule has 0 amide bonds. The van der Waals surface area contributed by atoms with E-state index < -0.39 is 10.0 Å². The van der Waals surface area contributed by atoms with Gasteiger partial charge in [0.05, 0.1) is 5.41 Å². The molecule has 0 saturated heterocycles. The van der Waals surface area contributed by atoms with E-state index in [1.165, 1.54) is 6.08 Å². The Kier molecular flexibility index (Phi) is 5.11. The van der Waals surface area contributed by atoms with Gasteiger partial charge in [-0.2, -0.15) is 0 Å². The first-order valence-corrected chi connectivity index (χ1v) is 7.03. The molecule has 0 radical (unpaired) electrons. The normalized spacial score (nSPS) is 11.4. The number of hydrogen-bond donors (Lipinski definition) is 2. The Labute approximate surface area is 107 Å². The fourth-order valence-corrected chi connectivity index (χ4v) is 2.32. The minimum atomic E-state index is -3.54. The Morgan fingerprint density at radius 1 is 1.35 bits per heavy atom. The van der Waals surface area contributed by atoms with Crippen molar-refractivity contribution in [3.8, 4) is 0 Å². The van der Waals surface area contributed by atoms with Gasteiger partial charge in [0.15, 0.2) is 5.11 Å². The van der Waals surface area contributed by atoms with Gasteiger partial charge in [0, 0.05) is 6.54 Å². The molecule has 0 unspecified atom stereocenters. The zero-order chi connectivity index (χ0) is 12.7. The molecule has 4 nitrogen and oxygen atoms in total. The van der Waals surface area contributed by atoms with Crippen molar-refractivity contribution in [1.29, 1.82) is 0 Å². The van der Waals surface area contributed by atoms with Crippen LogP contribution < -0.4 is 10.0 Å². The van der Waals surface area contributed by atoms with Gasteiger partial charge in [-0.25, -0.2) is 8.42 Å². The van der Waals surface area contributed by atoms with E-state index in [9.17, 15) is 8.42 Å². The molecule has 0 saturated carbocycles. The van der Waals surface area contributed by atoms with Crippen LogP contribution in [0.5, 0.6) is 0 Å². The van der Waals surface area contributed by atoms with Crippen LogP contribution in [0.1, 0.15) is 12.5 Å². The number of thiocarbonyl (C=S) groups is 1. The van der Waals surface area contributed by atoms with Crippen LogP contribution in [0, 0.1) is 0 Å². The molecule has 6 heteroatoms. The molecule has 2 N–H and O–H groups in total. The molecule has 0 atom stereocenters. The Morgan fingerprint density at radius 3 is 2.59 bits per heavy atom. The van der Waals surface area contributed by atoms with E-state index in [0.717, 1.165) is 11.0 Å². The number of hydrogen-bond acceptors (Lipinski definition) is 3. The van der Waals surface area contributed by atoms with Crippen molar-refractivity contribution in [2.45, 2.75) is 6.92 Å². The molecule has 1 aromatic rings. The van der Waals surface area contributed by atoms with Gasteiger partial charge in [0.2, 0.25) is 0 Å². The SMILES string of the molecule is CCNC(=S)NS(=O)(=O)C=Cc1ccccc1. The van der Waals surface area contributed by atoms with Gasteiger partial charge in [-0.15, -0.1) is 0 Å². The highest BCUT2D eigenvalue weighted by molar-refractivity contribution is 7.94. The third-order valence-corrected chi connectivity index (χ3v) is 3.17. The van der Waals surface area contributed by atoms with E-state index in [1.807, 2.05) is 37.3 Å². The fourth-order valence-electron chi connectivity index (χ4n) is 1.09. The van der Waals surface area contributed by atoms with Gasteiger partial charge in [-0.3, -0.25) is 4.72 Å². The van der Waals surface area contributed by atoms with E-state index in [0.29, 0.717) is 6.54 Å². The van der Waals surface area contributed by atoms with Gasteiger partial charge < -0.3 is 5.32 Å². The summed E-state index contributed by atoms with van der Waals surface area (Å²) < 4.78 is 25.4. The lowest BCUT2D eigenvalue weighted by atomic mass is 10.2. The number of rotatable bonds is 4. The third-order valence-electron chi connectivity index (χ3n) is 1.81. The van der Waals surface area contributed by atoms with Crippen LogP contribution in [0.25, 0.3) is 6.08 Å². The molecule has 0 aliphatic rings. The molecule has 1 aromatic carbocycles. The molecule has 0 aliphatic carbocycles. The Hall–Kier alpha value is -1.40. The van der Waals surface area contributed by atoms with Crippen molar-refractivity contribution < 1.29 is 8.42 Å². The molecule has 0 fully saturated rings. The second-order valence-electron chi connectivity index (χ2n) is 3.22. The molecule has 0 heterocycles. The van der Waals surface area contributed by atoms with Crippen LogP contribution in [0.15, 0.2) is 35.7 Å². The van der Waals surface area contributed by atoms with Crippen molar-refractivity contribution >= 4 is 33.4 Å². The predicted octanol–water partition coefficient (Wildman–Crippen LogP) is 1.47. The molecule has 1 rings (SSSR count). The summed E-state index contributed by atoms with van der Waals surface area (Å²) in [5.41, 5.74) is 0.812. The van der Waals surface area contributed by atoms with Gasteiger partial charge >= 0.3 is 0 Å². The topological polar surface area (TPSA) is 58.2 Å². The van der Waals surface area contributed by atoms with Crippen molar-refractivity contribution in [3.05, 3.63) is 41.3 Å². The van der Waals surface area contributed by atoms with Crippen molar-refractivity contribution in [1.82, 2.24) is 10.0 Å². The minimum absolute atomic E-state index is 0.102. The molecule has 17 heavy (non-hydrogen) atoms. The summed E-state index contributed by atoms with van der Waals surface area (Å²) in [5.74, 6) is 0. The summed E-state index contributed by atoms with van der Waals surface area (Å²) in [6.45, 7) is 2.41. The lowest BCUT2D eigenvalue weighted by molar-refractivity contribution is 0.601. The largest absolute Gasteiger partial charge is 0.362 e. The van der Waals surface area contributed by atoms with Gasteiger partial charge in [0.1, 0.15) is 0 Å². The lowest BCUT2D eigenvalue weighted by Gasteiger charge is -2.06. The predicted molar refractivity (Wildman–Crippen MR) is 73.8 cm³/mol. The second kappa shape index (κ2) is 6.36. The van der Waals surface area contributed by atoms with E-state index in [4.69, 9.17) is 12.2 Å². The summed E-state index contributed by atoms with van der Waals surface area (Å²) in [6.07, 6.45) is 1.51. The summed E-state index contributed by atoms with van der Waals surface area (Å²) in [4.78, 5) is 0. The van der Waals surface area contributed by atoms with Crippen LogP contribution in [-0.2, 0) is 10.0 Å². The first-order valence-electron chi connectivity index (χ1n) is 5.07. The van der Waals surface area contributed by atoms with Gasteiger partial charge in [-0.05, 0) is 30.8 Å². The van der Waals surface area contributed by atoms with Crippen LogP contribution in [0.2, 0.25) is 0 Å². The quantitative estimate of drug-likeness (QED) is 0.814. The first-order chi connectivity index (χ1) is 8.03. The monoisotopic (exact) mass is 270 g/mol. The van der Waals surface area contributed by atoms with Crippen LogP contribution >= 0.6 is 12.2 Å². The Morgan fingerprint density at radius 2 is 2.00 bits per heavy atom. The highest BCUT2D eigenvalue weighted by atomic mass is 32.2. The summed E-state index contributed by atoms with van der Waals surface area (Å²) >= 11 is 4.80. The maximum absolute atomic E-state index is 11.6. The molecule has 0 bridgehead atoms. The van der Waals surface area contributed by atoms with Crippen LogP contribution in [-0.4, -0.2) is 20.1 Å². The average Bonchev–Trinajstić information content (AvgIpc) is 2.27. The van der Waals surface area contributed by atoms with E-state index in [-0.39, 0.29) is 5.11 Å². The Bertz CT molecular complexity index is 495. The lowest BCUT2D eigenvalue weighted by Crippen LogP contribution is -2.37. The van der Waals surface area contributed by atoms with Crippen molar-refractivity contribution in [2.24, 2.45) is 0 Å². The molecular weight excluding hydrogens is 256 g/mol. The molecule has 0 aromatic heterocycles.